The van der Waals surface area contributed by atoms with E-state index in [0.29, 0.717) is 19.4 Å². The van der Waals surface area contributed by atoms with Crippen LogP contribution in [0.2, 0.25) is 0 Å². The molecule has 0 aliphatic carbocycles. The van der Waals surface area contributed by atoms with E-state index in [1.165, 1.54) is 0 Å². The third kappa shape index (κ3) is 6.44. The Bertz CT molecular complexity index is 803. The number of fused-ring (bicyclic) bond motifs is 1. The predicted octanol–water partition coefficient (Wildman–Crippen LogP) is 3.97. The van der Waals surface area contributed by atoms with Gasteiger partial charge in [0.05, 0.1) is 0 Å². The van der Waals surface area contributed by atoms with E-state index < -0.39 is 17.7 Å². The molecule has 0 bridgehead atoms. The van der Waals surface area contributed by atoms with Crippen molar-refractivity contribution in [1.29, 1.82) is 0 Å². The number of rotatable bonds is 7. The van der Waals surface area contributed by atoms with E-state index in [-0.39, 0.29) is 5.91 Å². The van der Waals surface area contributed by atoms with Crippen LogP contribution in [-0.4, -0.2) is 30.2 Å². The predicted molar refractivity (Wildman–Crippen MR) is 109 cm³/mol. The fourth-order valence-corrected chi connectivity index (χ4v) is 2.77. The van der Waals surface area contributed by atoms with Crippen molar-refractivity contribution in [3.8, 4) is 0 Å². The van der Waals surface area contributed by atoms with E-state index in [1.54, 1.807) is 26.8 Å². The number of alkyl carbamates (subject to hydrolysis) is 1. The molecule has 0 fully saturated rings. The smallest absolute Gasteiger partial charge is 0.408 e. The highest BCUT2D eigenvalue weighted by Gasteiger charge is 2.25. The molecule has 0 aromatic heterocycles. The SMILES string of the molecule is C=CCCNC(=O)[C@H](Cc1cccc2ccccc12)NC(=O)OC(C)(C)C. The molecular formula is C22H28N2O3. The summed E-state index contributed by atoms with van der Waals surface area (Å²) < 4.78 is 5.32. The molecule has 5 nitrogen and oxygen atoms in total. The Kier molecular flexibility index (Phi) is 6.99. The van der Waals surface area contributed by atoms with Crippen molar-refractivity contribution < 1.29 is 14.3 Å². The summed E-state index contributed by atoms with van der Waals surface area (Å²) in [7, 11) is 0. The molecule has 27 heavy (non-hydrogen) atoms. The standard InChI is InChI=1S/C22H28N2O3/c1-5-6-14-23-20(25)19(24-21(26)27-22(2,3)4)15-17-12-9-11-16-10-7-8-13-18(16)17/h5,7-13,19H,1,6,14-15H2,2-4H3,(H,23,25)(H,24,26)/t19-/m0/s1. The van der Waals surface area contributed by atoms with Crippen molar-refractivity contribution in [1.82, 2.24) is 10.6 Å². The quantitative estimate of drug-likeness (QED) is 0.574. The van der Waals surface area contributed by atoms with Gasteiger partial charge in [-0.25, -0.2) is 4.79 Å². The first-order chi connectivity index (χ1) is 12.8. The normalized spacial score (nSPS) is 12.3. The monoisotopic (exact) mass is 368 g/mol. The third-order valence-corrected chi connectivity index (χ3v) is 3.96. The van der Waals surface area contributed by atoms with E-state index in [9.17, 15) is 9.59 Å². The van der Waals surface area contributed by atoms with Crippen LogP contribution in [0.3, 0.4) is 0 Å². The Labute approximate surface area is 160 Å². The van der Waals surface area contributed by atoms with Crippen molar-refractivity contribution >= 4 is 22.8 Å². The molecule has 5 heteroatoms. The van der Waals surface area contributed by atoms with Gasteiger partial charge in [0.15, 0.2) is 0 Å². The lowest BCUT2D eigenvalue weighted by Gasteiger charge is -2.23. The van der Waals surface area contributed by atoms with Gasteiger partial charge in [0, 0.05) is 13.0 Å². The number of ether oxygens (including phenoxy) is 1. The number of carbonyl (C=O) groups excluding carboxylic acids is 2. The largest absolute Gasteiger partial charge is 0.444 e. The second-order valence-electron chi connectivity index (χ2n) is 7.41. The van der Waals surface area contributed by atoms with E-state index in [1.807, 2.05) is 42.5 Å². The second-order valence-corrected chi connectivity index (χ2v) is 7.41. The average Bonchev–Trinajstić information content (AvgIpc) is 2.60. The van der Waals surface area contributed by atoms with Crippen LogP contribution in [0.15, 0.2) is 55.1 Å². The van der Waals surface area contributed by atoms with Crippen LogP contribution in [0.4, 0.5) is 4.79 Å². The van der Waals surface area contributed by atoms with E-state index in [4.69, 9.17) is 4.74 Å². The summed E-state index contributed by atoms with van der Waals surface area (Å²) >= 11 is 0. The second kappa shape index (κ2) is 9.21. The number of amides is 2. The highest BCUT2D eigenvalue weighted by atomic mass is 16.6. The highest BCUT2D eigenvalue weighted by Crippen LogP contribution is 2.20. The van der Waals surface area contributed by atoms with Gasteiger partial charge in [-0.15, -0.1) is 6.58 Å². The molecule has 2 aromatic rings. The van der Waals surface area contributed by atoms with Gasteiger partial charge in [0.2, 0.25) is 5.91 Å². The topological polar surface area (TPSA) is 67.4 Å². The average molecular weight is 368 g/mol. The molecule has 0 saturated carbocycles. The molecule has 1 atom stereocenters. The summed E-state index contributed by atoms with van der Waals surface area (Å²) in [5.74, 6) is -0.240. The molecule has 2 rings (SSSR count). The lowest BCUT2D eigenvalue weighted by atomic mass is 9.98. The third-order valence-electron chi connectivity index (χ3n) is 3.96. The summed E-state index contributed by atoms with van der Waals surface area (Å²) in [6.45, 7) is 9.49. The molecule has 2 aromatic carbocycles. The lowest BCUT2D eigenvalue weighted by Crippen LogP contribution is -2.49. The van der Waals surface area contributed by atoms with Gasteiger partial charge in [-0.05, 0) is 43.5 Å². The number of hydrogen-bond acceptors (Lipinski definition) is 3. The first kappa shape index (κ1) is 20.5. The minimum absolute atomic E-state index is 0.240. The minimum Gasteiger partial charge on any atom is -0.444 e. The molecule has 0 radical (unpaired) electrons. The van der Waals surface area contributed by atoms with Gasteiger partial charge >= 0.3 is 6.09 Å². The van der Waals surface area contributed by atoms with E-state index in [2.05, 4.69) is 17.2 Å². The first-order valence-electron chi connectivity index (χ1n) is 9.15. The summed E-state index contributed by atoms with van der Waals surface area (Å²) in [6.07, 6.45) is 2.17. The van der Waals surface area contributed by atoms with Gasteiger partial charge in [0.25, 0.3) is 0 Å². The van der Waals surface area contributed by atoms with Gasteiger partial charge < -0.3 is 15.4 Å². The fourth-order valence-electron chi connectivity index (χ4n) is 2.77. The Hall–Kier alpha value is -2.82. The summed E-state index contributed by atoms with van der Waals surface area (Å²) in [5, 5.41) is 7.71. The number of carbonyl (C=O) groups is 2. The van der Waals surface area contributed by atoms with Crippen LogP contribution in [0.25, 0.3) is 10.8 Å². The molecule has 0 spiro atoms. The van der Waals surface area contributed by atoms with Gasteiger partial charge in [0.1, 0.15) is 11.6 Å². The molecule has 144 valence electrons. The Morgan fingerprint density at radius 3 is 2.56 bits per heavy atom. The fraction of sp³-hybridized carbons (Fsp3) is 0.364. The van der Waals surface area contributed by atoms with Gasteiger partial charge in [-0.1, -0.05) is 48.5 Å². The maximum Gasteiger partial charge on any atom is 0.408 e. The molecule has 0 heterocycles. The Balaban J connectivity index is 2.21. The van der Waals surface area contributed by atoms with Gasteiger partial charge in [-0.3, -0.25) is 4.79 Å². The maximum atomic E-state index is 12.6. The Morgan fingerprint density at radius 2 is 1.85 bits per heavy atom. The van der Waals surface area contributed by atoms with Crippen LogP contribution in [0.1, 0.15) is 32.8 Å². The van der Waals surface area contributed by atoms with Crippen molar-refractivity contribution in [3.05, 3.63) is 60.7 Å². The Morgan fingerprint density at radius 1 is 1.15 bits per heavy atom. The van der Waals surface area contributed by atoms with Crippen LogP contribution in [0.5, 0.6) is 0 Å². The zero-order valence-electron chi connectivity index (χ0n) is 16.2. The van der Waals surface area contributed by atoms with Gasteiger partial charge in [-0.2, -0.15) is 0 Å². The zero-order valence-corrected chi connectivity index (χ0v) is 16.2. The molecule has 2 N–H and O–H groups in total. The van der Waals surface area contributed by atoms with Crippen molar-refractivity contribution in [2.75, 3.05) is 6.54 Å². The number of nitrogens with one attached hydrogen (secondary N) is 2. The van der Waals surface area contributed by atoms with Crippen LogP contribution >= 0.6 is 0 Å². The first-order valence-corrected chi connectivity index (χ1v) is 9.15. The van der Waals surface area contributed by atoms with Crippen molar-refractivity contribution in [2.45, 2.75) is 45.3 Å². The lowest BCUT2D eigenvalue weighted by molar-refractivity contribution is -0.123. The van der Waals surface area contributed by atoms with Crippen molar-refractivity contribution in [2.24, 2.45) is 0 Å². The van der Waals surface area contributed by atoms with E-state index >= 15 is 0 Å². The minimum atomic E-state index is -0.726. The molecule has 0 aliphatic heterocycles. The number of benzene rings is 2. The zero-order chi connectivity index (χ0) is 19.9. The molecule has 0 aliphatic rings. The van der Waals surface area contributed by atoms with Crippen LogP contribution < -0.4 is 10.6 Å². The van der Waals surface area contributed by atoms with Crippen LogP contribution in [0, 0.1) is 0 Å². The molecule has 0 saturated heterocycles. The molecule has 2 amide bonds. The summed E-state index contributed by atoms with van der Waals surface area (Å²) in [4.78, 5) is 24.9. The molecule has 0 unspecified atom stereocenters. The summed E-state index contributed by atoms with van der Waals surface area (Å²) in [5.41, 5.74) is 0.362. The van der Waals surface area contributed by atoms with Crippen LogP contribution in [-0.2, 0) is 16.0 Å². The van der Waals surface area contributed by atoms with Crippen molar-refractivity contribution in [3.63, 3.8) is 0 Å². The number of hydrogen-bond donors (Lipinski definition) is 2. The molecular weight excluding hydrogens is 340 g/mol. The highest BCUT2D eigenvalue weighted by molar-refractivity contribution is 5.89. The van der Waals surface area contributed by atoms with E-state index in [0.717, 1.165) is 16.3 Å². The summed E-state index contributed by atoms with van der Waals surface area (Å²) in [6, 6.07) is 13.2. The maximum absolute atomic E-state index is 12.6.